The third kappa shape index (κ3) is 5.69. The zero-order chi connectivity index (χ0) is 20.9. The Bertz CT molecular complexity index is 815. The third-order valence-corrected chi connectivity index (χ3v) is 5.52. The predicted molar refractivity (Wildman–Crippen MR) is 110 cm³/mol. The highest BCUT2D eigenvalue weighted by Crippen LogP contribution is 2.28. The normalized spacial score (nSPS) is 19.7. The number of carbonyl (C=O) groups excluding carboxylic acids is 1. The summed E-state index contributed by atoms with van der Waals surface area (Å²) < 4.78 is 5.17. The number of aromatic nitrogens is 1. The number of ether oxygens (including phenoxy) is 1. The van der Waals surface area contributed by atoms with Gasteiger partial charge in [-0.25, -0.2) is 4.79 Å². The van der Waals surface area contributed by atoms with Crippen LogP contribution < -0.4 is 0 Å². The topological polar surface area (TPSA) is 82.9 Å². The lowest BCUT2D eigenvalue weighted by Crippen LogP contribution is -2.43. The number of aliphatic hydroxyl groups is 2. The molecule has 1 amide bonds. The molecule has 1 fully saturated rings. The minimum atomic E-state index is -1.10. The number of nitrogens with zero attached hydrogens (tertiary/aromatic N) is 2. The van der Waals surface area contributed by atoms with Crippen LogP contribution in [0, 0.1) is 0 Å². The van der Waals surface area contributed by atoms with Crippen molar-refractivity contribution >= 4 is 17.7 Å². The smallest absolute Gasteiger partial charge is 0.412 e. The molecule has 7 heteroatoms. The van der Waals surface area contributed by atoms with Gasteiger partial charge in [0.1, 0.15) is 18.4 Å². The Morgan fingerprint density at radius 2 is 2.07 bits per heavy atom. The monoisotopic (exact) mass is 418 g/mol. The van der Waals surface area contributed by atoms with Crippen molar-refractivity contribution in [3.8, 4) is 0 Å². The molecule has 1 aromatic carbocycles. The molecule has 156 valence electrons. The Morgan fingerprint density at radius 1 is 1.31 bits per heavy atom. The van der Waals surface area contributed by atoms with Crippen LogP contribution in [0.5, 0.6) is 0 Å². The average Bonchev–Trinajstić information content (AvgIpc) is 3.06. The molecule has 1 aliphatic rings. The molecule has 1 aliphatic heterocycles. The molecule has 1 saturated heterocycles. The molecule has 0 aliphatic carbocycles. The van der Waals surface area contributed by atoms with Gasteiger partial charge in [-0.2, -0.15) is 0 Å². The minimum Gasteiger partial charge on any atom is -0.447 e. The van der Waals surface area contributed by atoms with Crippen molar-refractivity contribution < 1.29 is 19.7 Å². The lowest BCUT2D eigenvalue weighted by molar-refractivity contribution is 0.00722. The largest absolute Gasteiger partial charge is 0.447 e. The summed E-state index contributed by atoms with van der Waals surface area (Å²) in [5.41, 5.74) is 0.521. The first-order valence-electron chi connectivity index (χ1n) is 9.88. The fraction of sp³-hybridized carbons (Fsp3) is 0.455. The zero-order valence-electron chi connectivity index (χ0n) is 16.5. The van der Waals surface area contributed by atoms with E-state index in [0.717, 1.165) is 5.56 Å². The fourth-order valence-corrected chi connectivity index (χ4v) is 3.80. The van der Waals surface area contributed by atoms with Crippen molar-refractivity contribution in [3.05, 3.63) is 64.9 Å². The molecular formula is C22H27ClN2O4. The number of pyridine rings is 1. The maximum absolute atomic E-state index is 12.1. The second-order valence-corrected chi connectivity index (χ2v) is 8.12. The fourth-order valence-electron chi connectivity index (χ4n) is 3.64. The summed E-state index contributed by atoms with van der Waals surface area (Å²) in [5, 5.41) is 21.8. The number of amides is 1. The molecule has 3 rings (SSSR count). The maximum atomic E-state index is 12.1. The molecule has 2 N–H and O–H groups in total. The van der Waals surface area contributed by atoms with Gasteiger partial charge in [0.2, 0.25) is 0 Å². The first-order valence-corrected chi connectivity index (χ1v) is 10.3. The lowest BCUT2D eigenvalue weighted by Gasteiger charge is -2.27. The van der Waals surface area contributed by atoms with Gasteiger partial charge in [-0.1, -0.05) is 48.4 Å². The number of benzene rings is 1. The van der Waals surface area contributed by atoms with Gasteiger partial charge in [0.25, 0.3) is 0 Å². The highest BCUT2D eigenvalue weighted by Gasteiger charge is 2.37. The second kappa shape index (κ2) is 9.57. The van der Waals surface area contributed by atoms with E-state index >= 15 is 0 Å². The van der Waals surface area contributed by atoms with Gasteiger partial charge in [0.15, 0.2) is 0 Å². The Morgan fingerprint density at radius 3 is 2.79 bits per heavy atom. The Hall–Kier alpha value is -2.15. The van der Waals surface area contributed by atoms with Crippen LogP contribution in [0.25, 0.3) is 0 Å². The number of unbranched alkanes of at least 4 members (excludes halogenated alkanes) is 1. The molecule has 3 atom stereocenters. The molecule has 6 nitrogen and oxygen atoms in total. The van der Waals surface area contributed by atoms with Crippen LogP contribution in [0.4, 0.5) is 4.79 Å². The van der Waals surface area contributed by atoms with E-state index in [1.165, 1.54) is 4.90 Å². The summed E-state index contributed by atoms with van der Waals surface area (Å²) in [6, 6.07) is 13.0. The van der Waals surface area contributed by atoms with Crippen LogP contribution in [0.3, 0.4) is 0 Å². The summed E-state index contributed by atoms with van der Waals surface area (Å²) in [7, 11) is 0. The van der Waals surface area contributed by atoms with Gasteiger partial charge in [-0.15, -0.1) is 0 Å². The standard InChI is InChI=1S/C22H27ClN2O4/c1-22(28,19-14-17(23)10-12-24-19)11-6-5-9-20(26)25-18(15-29-21(25)27)13-16-7-3-2-4-8-16/h2-4,7-8,10,12,14,18,20,26,28H,5-6,9,11,13,15H2,1H3/t18-,20?,22-/m1/s1. The number of hydrogen-bond donors (Lipinski definition) is 2. The van der Waals surface area contributed by atoms with Crippen LogP contribution in [-0.2, 0) is 16.8 Å². The van der Waals surface area contributed by atoms with Gasteiger partial charge in [-0.3, -0.25) is 9.88 Å². The van der Waals surface area contributed by atoms with E-state index in [1.54, 1.807) is 25.3 Å². The summed E-state index contributed by atoms with van der Waals surface area (Å²) in [5.74, 6) is 0. The van der Waals surface area contributed by atoms with E-state index in [4.69, 9.17) is 16.3 Å². The van der Waals surface area contributed by atoms with E-state index in [-0.39, 0.29) is 12.6 Å². The van der Waals surface area contributed by atoms with Crippen molar-refractivity contribution in [2.45, 2.75) is 56.9 Å². The number of halogens is 1. The van der Waals surface area contributed by atoms with Crippen LogP contribution in [0.1, 0.15) is 43.9 Å². The molecule has 2 aromatic rings. The summed E-state index contributed by atoms with van der Waals surface area (Å²) >= 11 is 5.98. The minimum absolute atomic E-state index is 0.182. The highest BCUT2D eigenvalue weighted by molar-refractivity contribution is 6.30. The van der Waals surface area contributed by atoms with Crippen LogP contribution in [0.15, 0.2) is 48.7 Å². The first kappa shape index (κ1) is 21.6. The molecule has 2 heterocycles. The number of cyclic esters (lactones) is 1. The van der Waals surface area contributed by atoms with Gasteiger partial charge in [0.05, 0.1) is 11.7 Å². The highest BCUT2D eigenvalue weighted by atomic mass is 35.5. The third-order valence-electron chi connectivity index (χ3n) is 5.29. The summed E-state index contributed by atoms with van der Waals surface area (Å²) in [6.45, 7) is 1.98. The first-order chi connectivity index (χ1) is 13.9. The van der Waals surface area contributed by atoms with Crippen molar-refractivity contribution in [1.29, 1.82) is 0 Å². The average molecular weight is 419 g/mol. The number of carbonyl (C=O) groups is 1. The van der Waals surface area contributed by atoms with E-state index in [2.05, 4.69) is 4.98 Å². The van der Waals surface area contributed by atoms with Crippen molar-refractivity contribution in [3.63, 3.8) is 0 Å². The van der Waals surface area contributed by atoms with Crippen molar-refractivity contribution in [1.82, 2.24) is 9.88 Å². The maximum Gasteiger partial charge on any atom is 0.412 e. The Labute approximate surface area is 176 Å². The number of rotatable bonds is 9. The zero-order valence-corrected chi connectivity index (χ0v) is 17.3. The molecule has 0 radical (unpaired) electrons. The van der Waals surface area contributed by atoms with E-state index in [0.29, 0.717) is 42.8 Å². The Balaban J connectivity index is 1.50. The summed E-state index contributed by atoms with van der Waals surface area (Å²) in [6.07, 6.45) is 3.04. The molecular weight excluding hydrogens is 392 g/mol. The molecule has 1 aromatic heterocycles. The van der Waals surface area contributed by atoms with E-state index in [9.17, 15) is 15.0 Å². The molecule has 29 heavy (non-hydrogen) atoms. The molecule has 0 bridgehead atoms. The predicted octanol–water partition coefficient (Wildman–Crippen LogP) is 3.88. The van der Waals surface area contributed by atoms with Crippen LogP contribution >= 0.6 is 11.6 Å². The molecule has 0 spiro atoms. The lowest BCUT2D eigenvalue weighted by atomic mass is 9.94. The quantitative estimate of drug-likeness (QED) is 0.604. The van der Waals surface area contributed by atoms with Crippen LogP contribution in [0.2, 0.25) is 5.02 Å². The molecule has 0 saturated carbocycles. The van der Waals surface area contributed by atoms with Crippen molar-refractivity contribution in [2.75, 3.05) is 6.61 Å². The van der Waals surface area contributed by atoms with E-state index in [1.807, 2.05) is 30.3 Å². The Kier molecular flexibility index (Phi) is 7.11. The number of hydrogen-bond acceptors (Lipinski definition) is 5. The summed E-state index contributed by atoms with van der Waals surface area (Å²) in [4.78, 5) is 17.7. The molecule has 1 unspecified atom stereocenters. The number of aliphatic hydroxyl groups excluding tert-OH is 1. The van der Waals surface area contributed by atoms with Crippen molar-refractivity contribution in [2.24, 2.45) is 0 Å². The van der Waals surface area contributed by atoms with Crippen LogP contribution in [-0.4, -0.2) is 45.1 Å². The SMILES string of the molecule is C[C@@](O)(CCCCC(O)N1C(=O)OC[C@H]1Cc1ccccc1)c1cc(Cl)ccn1. The van der Waals surface area contributed by atoms with Gasteiger partial charge in [0, 0.05) is 11.2 Å². The van der Waals surface area contributed by atoms with Gasteiger partial charge in [-0.05, 0) is 50.3 Å². The van der Waals surface area contributed by atoms with Gasteiger partial charge >= 0.3 is 6.09 Å². The second-order valence-electron chi connectivity index (χ2n) is 7.69. The van der Waals surface area contributed by atoms with E-state index < -0.39 is 17.9 Å². The van der Waals surface area contributed by atoms with Gasteiger partial charge < -0.3 is 14.9 Å².